The van der Waals surface area contributed by atoms with Crippen molar-refractivity contribution in [2.24, 2.45) is 0 Å². The summed E-state index contributed by atoms with van der Waals surface area (Å²) >= 11 is 7.18. The summed E-state index contributed by atoms with van der Waals surface area (Å²) in [4.78, 5) is 11.8. The lowest BCUT2D eigenvalue weighted by atomic mass is 10.4. The van der Waals surface area contributed by atoms with E-state index >= 15 is 0 Å². The smallest absolute Gasteiger partial charge is 0.336 e. The Balaban J connectivity index is 2.02. The Labute approximate surface area is 124 Å². The summed E-state index contributed by atoms with van der Waals surface area (Å²) in [6, 6.07) is 3.10. The predicted molar refractivity (Wildman–Crippen MR) is 74.1 cm³/mol. The second-order valence-electron chi connectivity index (χ2n) is 3.77. The quantitative estimate of drug-likeness (QED) is 0.673. The molecule has 1 N–H and O–H groups in total. The highest BCUT2D eigenvalue weighted by Gasteiger charge is 2.29. The van der Waals surface area contributed by atoms with Crippen molar-refractivity contribution in [2.75, 3.05) is 0 Å². The summed E-state index contributed by atoms with van der Waals surface area (Å²) in [5.74, 6) is 0.502. The number of alkyl halides is 3. The summed E-state index contributed by atoms with van der Waals surface area (Å²) in [5.41, 5.74) is -3.54. The second kappa shape index (κ2) is 4.94. The number of pyridine rings is 1. The van der Waals surface area contributed by atoms with Crippen molar-refractivity contribution < 1.29 is 13.2 Å². The molecule has 9 heteroatoms. The van der Waals surface area contributed by atoms with Crippen LogP contribution in [-0.2, 0) is 0 Å². The van der Waals surface area contributed by atoms with Gasteiger partial charge in [0.1, 0.15) is 0 Å². The van der Waals surface area contributed by atoms with Crippen molar-refractivity contribution in [1.82, 2.24) is 15.0 Å². The number of thioether (sulfide) groups is 1. The first-order valence-corrected chi connectivity index (χ1v) is 7.35. The maximum atomic E-state index is 12.3. The third kappa shape index (κ3) is 2.77. The molecule has 0 aliphatic carbocycles. The fraction of sp³-hybridized carbons (Fsp3) is 0.0909. The summed E-state index contributed by atoms with van der Waals surface area (Å²) in [6.45, 7) is 0. The number of aromatic nitrogens is 3. The molecule has 0 aromatic carbocycles. The number of rotatable bonds is 2. The van der Waals surface area contributed by atoms with E-state index in [1.807, 2.05) is 5.38 Å². The first-order chi connectivity index (χ1) is 9.42. The number of thiophene rings is 1. The van der Waals surface area contributed by atoms with Gasteiger partial charge in [0.2, 0.25) is 0 Å². The van der Waals surface area contributed by atoms with Gasteiger partial charge in [-0.1, -0.05) is 11.6 Å². The van der Waals surface area contributed by atoms with Gasteiger partial charge < -0.3 is 4.98 Å². The highest BCUT2D eigenvalue weighted by atomic mass is 35.5. The molecule has 0 unspecified atom stereocenters. The number of nitrogens with zero attached hydrogens (tertiary/aromatic N) is 2. The van der Waals surface area contributed by atoms with Crippen molar-refractivity contribution in [2.45, 2.75) is 10.4 Å². The number of imidazole rings is 1. The first kappa shape index (κ1) is 13.7. The Morgan fingerprint density at radius 2 is 2.15 bits per heavy atom. The van der Waals surface area contributed by atoms with Crippen LogP contribution < -0.4 is 0 Å². The summed E-state index contributed by atoms with van der Waals surface area (Å²) < 4.78 is 36.9. The lowest BCUT2D eigenvalue weighted by Crippen LogP contribution is -1.99. The lowest BCUT2D eigenvalue weighted by molar-refractivity contribution is -0.0328. The van der Waals surface area contributed by atoms with E-state index in [4.69, 9.17) is 11.6 Å². The van der Waals surface area contributed by atoms with Crippen LogP contribution in [0.25, 0.3) is 21.9 Å². The number of hydrogen-bond donors (Lipinski definition) is 1. The van der Waals surface area contributed by atoms with E-state index in [0.717, 1.165) is 11.1 Å². The van der Waals surface area contributed by atoms with Crippen LogP contribution in [0.4, 0.5) is 13.2 Å². The zero-order valence-electron chi connectivity index (χ0n) is 9.53. The fourth-order valence-electron chi connectivity index (χ4n) is 1.64. The van der Waals surface area contributed by atoms with Crippen LogP contribution in [-0.4, -0.2) is 20.5 Å². The van der Waals surface area contributed by atoms with Gasteiger partial charge in [0.05, 0.1) is 15.4 Å². The maximum absolute atomic E-state index is 12.3. The van der Waals surface area contributed by atoms with Gasteiger partial charge in [0, 0.05) is 11.1 Å². The molecule has 0 radical (unpaired) electrons. The molecular weight excluding hydrogens is 331 g/mol. The normalized spacial score (nSPS) is 12.2. The predicted octanol–water partition coefficient (Wildman–Crippen LogP) is 4.95. The number of aromatic amines is 1. The molecule has 0 atom stereocenters. The molecule has 104 valence electrons. The minimum atomic E-state index is -4.34. The van der Waals surface area contributed by atoms with E-state index in [1.165, 1.54) is 17.4 Å². The van der Waals surface area contributed by atoms with E-state index in [2.05, 4.69) is 15.0 Å². The van der Waals surface area contributed by atoms with Gasteiger partial charge in [-0.3, -0.25) is 0 Å². The maximum Gasteiger partial charge on any atom is 0.446 e. The van der Waals surface area contributed by atoms with Gasteiger partial charge in [-0.2, -0.15) is 13.2 Å². The number of nitrogens with one attached hydrogen (secondary N) is 1. The highest BCUT2D eigenvalue weighted by Crippen LogP contribution is 2.38. The van der Waals surface area contributed by atoms with Gasteiger partial charge in [-0.05, 0) is 29.3 Å². The van der Waals surface area contributed by atoms with Crippen molar-refractivity contribution in [3.05, 3.63) is 28.7 Å². The van der Waals surface area contributed by atoms with Gasteiger partial charge in [0.25, 0.3) is 0 Å². The molecule has 0 saturated carbocycles. The fourth-order valence-corrected chi connectivity index (χ4v) is 3.28. The molecule has 3 aromatic rings. The van der Waals surface area contributed by atoms with Crippen molar-refractivity contribution in [1.29, 1.82) is 0 Å². The van der Waals surface area contributed by atoms with Crippen LogP contribution in [0, 0.1) is 0 Å². The van der Waals surface area contributed by atoms with Gasteiger partial charge in [-0.25, -0.2) is 9.97 Å². The van der Waals surface area contributed by atoms with E-state index in [-0.39, 0.29) is 16.7 Å². The Bertz CT molecular complexity index is 766. The van der Waals surface area contributed by atoms with Crippen LogP contribution >= 0.6 is 34.7 Å². The van der Waals surface area contributed by atoms with Crippen LogP contribution in [0.2, 0.25) is 5.02 Å². The summed E-state index contributed by atoms with van der Waals surface area (Å²) in [6.07, 6.45) is 1.15. The third-order valence-corrected chi connectivity index (χ3v) is 4.42. The molecule has 3 rings (SSSR count). The van der Waals surface area contributed by atoms with Gasteiger partial charge in [-0.15, -0.1) is 11.3 Å². The van der Waals surface area contributed by atoms with Crippen LogP contribution in [0.15, 0.2) is 28.6 Å². The Kier molecular flexibility index (Phi) is 3.39. The molecular formula is C11H5ClF3N3S2. The first-order valence-electron chi connectivity index (χ1n) is 5.27. The lowest BCUT2D eigenvalue weighted by Gasteiger charge is -2.03. The number of fused-ring (bicyclic) bond motifs is 1. The minimum Gasteiger partial charge on any atom is -0.336 e. The average Bonchev–Trinajstić information content (AvgIpc) is 2.91. The second-order valence-corrected chi connectivity index (χ2v) is 6.23. The van der Waals surface area contributed by atoms with Crippen molar-refractivity contribution in [3.63, 3.8) is 0 Å². The summed E-state index contributed by atoms with van der Waals surface area (Å²) in [7, 11) is 0. The standard InChI is InChI=1S/C11H5ClF3N3S2/c12-6-1-2-19-8(6)10-17-7-3-5(20-11(13,14)15)4-16-9(7)18-10/h1-4H,(H,16,17,18). The van der Waals surface area contributed by atoms with E-state index in [0.29, 0.717) is 22.0 Å². The van der Waals surface area contributed by atoms with Crippen LogP contribution in [0.5, 0.6) is 0 Å². The number of H-pyrrole nitrogens is 1. The molecule has 0 amide bonds. The van der Waals surface area contributed by atoms with Crippen LogP contribution in [0.3, 0.4) is 0 Å². The number of halogens is 4. The molecule has 0 saturated heterocycles. The van der Waals surface area contributed by atoms with Crippen molar-refractivity contribution in [3.8, 4) is 10.7 Å². The molecule has 0 fully saturated rings. The molecule has 0 spiro atoms. The van der Waals surface area contributed by atoms with E-state index in [1.54, 1.807) is 6.07 Å². The van der Waals surface area contributed by atoms with Crippen molar-refractivity contribution >= 4 is 45.9 Å². The largest absolute Gasteiger partial charge is 0.446 e. The molecule has 0 bridgehead atoms. The molecule has 0 aliphatic rings. The Morgan fingerprint density at radius 1 is 1.35 bits per heavy atom. The molecule has 3 heterocycles. The SMILES string of the molecule is FC(F)(F)Sc1cnc2nc(-c3sccc3Cl)[nH]c2c1. The zero-order chi connectivity index (χ0) is 14.3. The monoisotopic (exact) mass is 335 g/mol. The number of hydrogen-bond acceptors (Lipinski definition) is 4. The molecule has 20 heavy (non-hydrogen) atoms. The van der Waals surface area contributed by atoms with E-state index in [9.17, 15) is 13.2 Å². The van der Waals surface area contributed by atoms with E-state index < -0.39 is 5.51 Å². The highest BCUT2D eigenvalue weighted by molar-refractivity contribution is 8.00. The minimum absolute atomic E-state index is 0.0116. The molecule has 3 nitrogen and oxygen atoms in total. The van der Waals surface area contributed by atoms with Gasteiger partial charge in [0.15, 0.2) is 11.5 Å². The molecule has 3 aromatic heterocycles. The average molecular weight is 336 g/mol. The van der Waals surface area contributed by atoms with Crippen LogP contribution in [0.1, 0.15) is 0 Å². The Hall–Kier alpha value is -1.25. The molecule has 0 aliphatic heterocycles. The summed E-state index contributed by atoms with van der Waals surface area (Å²) in [5, 5.41) is 2.35. The Morgan fingerprint density at radius 3 is 2.80 bits per heavy atom. The topological polar surface area (TPSA) is 41.6 Å². The third-order valence-electron chi connectivity index (χ3n) is 2.38. The van der Waals surface area contributed by atoms with Gasteiger partial charge >= 0.3 is 5.51 Å². The zero-order valence-corrected chi connectivity index (χ0v) is 11.9.